The molecule has 0 fully saturated rings. The van der Waals surface area contributed by atoms with Gasteiger partial charge in [-0.15, -0.1) is 0 Å². The summed E-state index contributed by atoms with van der Waals surface area (Å²) in [6, 6.07) is 0. The third-order valence-electron chi connectivity index (χ3n) is 14.4. The summed E-state index contributed by atoms with van der Waals surface area (Å²) in [4.78, 5) is 72.6. The highest BCUT2D eigenvalue weighted by Gasteiger charge is 2.30. The third-order valence-corrected chi connectivity index (χ3v) is 16.3. The molecule has 94 heavy (non-hydrogen) atoms. The number of rotatable bonds is 66. The zero-order valence-electron chi connectivity index (χ0n) is 58.3. The molecule has 19 heteroatoms. The molecule has 0 spiro atoms. The fourth-order valence-corrected chi connectivity index (χ4v) is 10.5. The van der Waals surface area contributed by atoms with Crippen molar-refractivity contribution < 1.29 is 80.2 Å². The first-order valence-corrected chi connectivity index (χ1v) is 38.8. The Labute approximate surface area is 568 Å². The van der Waals surface area contributed by atoms with Crippen LogP contribution in [0.1, 0.15) is 272 Å². The first kappa shape index (κ1) is 89.5. The van der Waals surface area contributed by atoms with Crippen molar-refractivity contribution in [2.24, 2.45) is 0 Å². The monoisotopic (exact) mass is 1360 g/mol. The van der Waals surface area contributed by atoms with E-state index in [1.807, 2.05) is 0 Å². The lowest BCUT2D eigenvalue weighted by Crippen LogP contribution is -2.30. The Morgan fingerprint density at radius 1 is 0.309 bits per heavy atom. The topological polar surface area (TPSA) is 237 Å². The zero-order chi connectivity index (χ0) is 69.0. The number of hydrogen-bond donors (Lipinski definition) is 3. The number of hydrogen-bond acceptors (Lipinski definition) is 15. The Bertz CT molecular complexity index is 2270. The lowest BCUT2D eigenvalue weighted by atomic mass is 10.1. The Morgan fingerprint density at radius 2 is 0.553 bits per heavy atom. The first-order chi connectivity index (χ1) is 45.7. The Balaban J connectivity index is 5.36. The average molecular weight is 1360 g/mol. The number of phosphoric acid groups is 2. The molecule has 0 radical (unpaired) electrons. The van der Waals surface area contributed by atoms with Gasteiger partial charge in [0.2, 0.25) is 0 Å². The van der Waals surface area contributed by atoms with Gasteiger partial charge in [-0.1, -0.05) is 226 Å². The first-order valence-electron chi connectivity index (χ1n) is 35.8. The van der Waals surface area contributed by atoms with E-state index in [1.165, 1.54) is 25.7 Å². The standard InChI is InChI=1S/C75H126O17P2/c1-5-9-13-17-21-25-29-31-33-34-36-38-42-44-48-52-56-60-73(78)86-66-71(92-75(80)62-58-54-50-46-40-28-24-20-16-12-8-4)68-90-94(83,84)88-64-69(76)63-87-93(81,82)89-67-70(91-74(79)61-57-53-49-45-39-27-23-19-15-11-7-3)65-85-72(77)59-55-51-47-43-41-37-35-32-30-26-22-18-14-10-6-2/h9-10,13-14,19-26,31-33,35-36,38,41,43,69-71,76H,5-8,11-12,15-18,27-30,34,37,39-40,42,44-68H2,1-4H3,(H,81,82)(H,83,84)/b13-9-,14-10-,23-19-,24-20-,25-21-,26-22-,33-31-,35-32-,38-36-,43-41-. The molecule has 0 heterocycles. The smallest absolute Gasteiger partial charge is 0.462 e. The Morgan fingerprint density at radius 3 is 0.883 bits per heavy atom. The van der Waals surface area contributed by atoms with Crippen LogP contribution in [0.2, 0.25) is 0 Å². The van der Waals surface area contributed by atoms with Gasteiger partial charge in [0, 0.05) is 25.7 Å². The van der Waals surface area contributed by atoms with Gasteiger partial charge in [-0.3, -0.25) is 37.3 Å². The van der Waals surface area contributed by atoms with Crippen molar-refractivity contribution in [1.82, 2.24) is 0 Å². The summed E-state index contributed by atoms with van der Waals surface area (Å²) in [6.45, 7) is 4.44. The number of aliphatic hydroxyl groups is 1. The normalized spacial score (nSPS) is 14.8. The second-order valence-electron chi connectivity index (χ2n) is 23.4. The van der Waals surface area contributed by atoms with Gasteiger partial charge in [-0.2, -0.15) is 0 Å². The molecule has 0 aliphatic rings. The van der Waals surface area contributed by atoms with Crippen molar-refractivity contribution in [3.05, 3.63) is 122 Å². The van der Waals surface area contributed by atoms with E-state index in [9.17, 15) is 43.2 Å². The summed E-state index contributed by atoms with van der Waals surface area (Å²) in [6.07, 6.45) is 70.8. The van der Waals surface area contributed by atoms with Gasteiger partial charge in [0.15, 0.2) is 12.2 Å². The second kappa shape index (κ2) is 67.0. The molecule has 0 aromatic rings. The van der Waals surface area contributed by atoms with E-state index < -0.39 is 97.5 Å². The highest BCUT2D eigenvalue weighted by Crippen LogP contribution is 2.45. The molecule has 5 unspecified atom stereocenters. The summed E-state index contributed by atoms with van der Waals surface area (Å²) in [5.74, 6) is -2.28. The molecule has 0 saturated heterocycles. The number of ether oxygens (including phenoxy) is 4. The maximum Gasteiger partial charge on any atom is 0.472 e. The van der Waals surface area contributed by atoms with Gasteiger partial charge in [0.25, 0.3) is 0 Å². The molecule has 0 aliphatic heterocycles. The fraction of sp³-hybridized carbons (Fsp3) is 0.680. The average Bonchev–Trinajstić information content (AvgIpc) is 1.32. The SMILES string of the molecule is CC/C=C\C/C=C\C/C=C\C/C=C\CCCCCCC(=O)OCC(COP(=O)(O)OCC(O)COP(=O)(O)OCC(COC(=O)CCCC/C=C\C/C=C\C/C=C\C/C=C\CC)OC(=O)CCCCCCC/C=C\CCCC)OC(=O)CCCCCCC/C=C\CCCC. The molecule has 3 N–H and O–H groups in total. The number of phosphoric ester groups is 2. The maximum absolute atomic E-state index is 13.0. The summed E-state index contributed by atoms with van der Waals surface area (Å²) in [5, 5.41) is 10.6. The predicted molar refractivity (Wildman–Crippen MR) is 381 cm³/mol. The molecule has 0 rings (SSSR count). The second-order valence-corrected chi connectivity index (χ2v) is 26.3. The van der Waals surface area contributed by atoms with E-state index in [1.54, 1.807) is 0 Å². The summed E-state index contributed by atoms with van der Waals surface area (Å²) >= 11 is 0. The molecule has 0 aromatic heterocycles. The van der Waals surface area contributed by atoms with Gasteiger partial charge in [0.05, 0.1) is 26.4 Å². The lowest BCUT2D eigenvalue weighted by Gasteiger charge is -2.21. The lowest BCUT2D eigenvalue weighted by molar-refractivity contribution is -0.161. The van der Waals surface area contributed by atoms with Crippen molar-refractivity contribution in [2.75, 3.05) is 39.6 Å². The van der Waals surface area contributed by atoms with Crippen molar-refractivity contribution in [3.8, 4) is 0 Å². The van der Waals surface area contributed by atoms with Gasteiger partial charge in [0.1, 0.15) is 19.3 Å². The highest BCUT2D eigenvalue weighted by molar-refractivity contribution is 7.47. The van der Waals surface area contributed by atoms with Crippen LogP contribution < -0.4 is 0 Å². The zero-order valence-corrected chi connectivity index (χ0v) is 60.1. The molecule has 0 aliphatic carbocycles. The minimum absolute atomic E-state index is 0.0726. The van der Waals surface area contributed by atoms with E-state index >= 15 is 0 Å². The number of aliphatic hydroxyl groups excluding tert-OH is 1. The maximum atomic E-state index is 13.0. The summed E-state index contributed by atoms with van der Waals surface area (Å²) in [7, 11) is -9.96. The molecule has 17 nitrogen and oxygen atoms in total. The van der Waals surface area contributed by atoms with Gasteiger partial charge in [-0.25, -0.2) is 9.13 Å². The molecular formula is C75H126O17P2. The minimum Gasteiger partial charge on any atom is -0.462 e. The molecule has 0 amide bonds. The van der Waals surface area contributed by atoms with Crippen molar-refractivity contribution in [2.45, 2.75) is 290 Å². The molecular weight excluding hydrogens is 1230 g/mol. The van der Waals surface area contributed by atoms with Crippen molar-refractivity contribution in [3.63, 3.8) is 0 Å². The van der Waals surface area contributed by atoms with Gasteiger partial charge >= 0.3 is 39.5 Å². The van der Waals surface area contributed by atoms with Crippen molar-refractivity contribution >= 4 is 39.5 Å². The minimum atomic E-state index is -4.98. The van der Waals surface area contributed by atoms with Crippen molar-refractivity contribution in [1.29, 1.82) is 0 Å². The number of esters is 4. The van der Waals surface area contributed by atoms with Crippen LogP contribution in [-0.4, -0.2) is 96.7 Å². The molecule has 538 valence electrons. The number of carbonyl (C=O) groups excluding carboxylic acids is 4. The van der Waals surface area contributed by atoms with Crippen LogP contribution in [0.15, 0.2) is 122 Å². The van der Waals surface area contributed by atoms with Crippen LogP contribution in [0.4, 0.5) is 0 Å². The van der Waals surface area contributed by atoms with Gasteiger partial charge < -0.3 is 33.8 Å². The summed E-state index contributed by atoms with van der Waals surface area (Å²) < 4.78 is 68.2. The van der Waals surface area contributed by atoms with Crippen LogP contribution in [0.3, 0.4) is 0 Å². The highest BCUT2D eigenvalue weighted by atomic mass is 31.2. The fourth-order valence-electron chi connectivity index (χ4n) is 8.93. The predicted octanol–water partition coefficient (Wildman–Crippen LogP) is 20.0. The third kappa shape index (κ3) is 66.1. The van der Waals surface area contributed by atoms with Crippen LogP contribution in [0.25, 0.3) is 0 Å². The quantitative estimate of drug-likeness (QED) is 0.0169. The van der Waals surface area contributed by atoms with Crippen LogP contribution in [0, 0.1) is 0 Å². The van der Waals surface area contributed by atoms with Crippen LogP contribution >= 0.6 is 15.6 Å². The largest absolute Gasteiger partial charge is 0.472 e. The van der Waals surface area contributed by atoms with Gasteiger partial charge in [-0.05, 0) is 141 Å². The summed E-state index contributed by atoms with van der Waals surface area (Å²) in [5.41, 5.74) is 0. The van der Waals surface area contributed by atoms with E-state index in [4.69, 9.17) is 37.0 Å². The number of allylic oxidation sites excluding steroid dienone is 20. The molecule has 0 saturated carbocycles. The molecule has 0 aromatic carbocycles. The molecule has 0 bridgehead atoms. The van der Waals surface area contributed by atoms with E-state index in [2.05, 4.69) is 149 Å². The Kier molecular flexibility index (Phi) is 63.8. The van der Waals surface area contributed by atoms with Crippen LogP contribution in [0.5, 0.6) is 0 Å². The number of unbranched alkanes of at least 4 members (excludes halogenated alkanes) is 20. The number of carbonyl (C=O) groups is 4. The van der Waals surface area contributed by atoms with E-state index in [0.717, 1.165) is 167 Å². The Hall–Kier alpha value is -4.54. The van der Waals surface area contributed by atoms with Crippen LogP contribution in [-0.2, 0) is 65.4 Å². The van der Waals surface area contributed by atoms with E-state index in [-0.39, 0.29) is 25.7 Å². The molecule has 5 atom stereocenters. The van der Waals surface area contributed by atoms with E-state index in [0.29, 0.717) is 25.7 Å².